The highest BCUT2D eigenvalue weighted by molar-refractivity contribution is 6.24. The molecule has 0 aromatic rings. The van der Waals surface area contributed by atoms with Gasteiger partial charge in [0.05, 0.1) is 6.10 Å². The summed E-state index contributed by atoms with van der Waals surface area (Å²) >= 11 is 0. The molecule has 6 heteroatoms. The Bertz CT molecular complexity index is 246. The highest BCUT2D eigenvalue weighted by Gasteiger charge is 2.18. The van der Waals surface area contributed by atoms with Gasteiger partial charge < -0.3 is 14.3 Å². The molecular formula is C10H18O5Si. The molecule has 0 radical (unpaired) electrons. The second-order valence-corrected chi connectivity index (χ2v) is 4.50. The van der Waals surface area contributed by atoms with E-state index in [1.54, 1.807) is 0 Å². The monoisotopic (exact) mass is 246 g/mol. The Morgan fingerprint density at radius 2 is 1.81 bits per heavy atom. The van der Waals surface area contributed by atoms with Gasteiger partial charge >= 0.3 is 15.1 Å². The molecule has 1 fully saturated rings. The van der Waals surface area contributed by atoms with E-state index in [2.05, 4.69) is 6.58 Å². The second kappa shape index (κ2) is 8.03. The van der Waals surface area contributed by atoms with Gasteiger partial charge in [0.1, 0.15) is 0 Å². The number of hydrogen-bond acceptors (Lipinski definition) is 3. The minimum atomic E-state index is -2.68. The predicted molar refractivity (Wildman–Crippen MR) is 59.1 cm³/mol. The highest BCUT2D eigenvalue weighted by atomic mass is 28.3. The summed E-state index contributed by atoms with van der Waals surface area (Å²) in [5.74, 6) is -0.935. The number of rotatable bonds is 3. The molecule has 0 heterocycles. The van der Waals surface area contributed by atoms with Crippen LogP contribution < -0.4 is 0 Å². The fraction of sp³-hybridized carbons (Fsp3) is 0.700. The van der Waals surface area contributed by atoms with Gasteiger partial charge in [0, 0.05) is 5.57 Å². The molecule has 5 nitrogen and oxygen atoms in total. The van der Waals surface area contributed by atoms with Crippen LogP contribution in [-0.2, 0) is 13.7 Å². The van der Waals surface area contributed by atoms with Crippen molar-refractivity contribution in [2.45, 2.75) is 45.1 Å². The van der Waals surface area contributed by atoms with E-state index in [-0.39, 0.29) is 11.7 Å². The molecule has 1 saturated carbocycles. The predicted octanol–water partition coefficient (Wildman–Crippen LogP) is 1.39. The first-order valence-electron chi connectivity index (χ1n) is 5.22. The normalized spacial score (nSPS) is 15.6. The Kier molecular flexibility index (Phi) is 7.45. The van der Waals surface area contributed by atoms with Gasteiger partial charge in [0.15, 0.2) is 0 Å². The molecule has 0 saturated heterocycles. The Labute approximate surface area is 96.6 Å². The number of carboxylic acids is 1. The Balaban J connectivity index is 0.000000325. The SMILES string of the molecule is C=C(C)C(=O)O.O=[Si](O)OC1CCCCC1. The zero-order chi connectivity index (χ0) is 12.6. The van der Waals surface area contributed by atoms with Crippen LogP contribution in [0.3, 0.4) is 0 Å². The van der Waals surface area contributed by atoms with Crippen molar-refractivity contribution in [1.82, 2.24) is 0 Å². The summed E-state index contributed by atoms with van der Waals surface area (Å²) in [6.07, 6.45) is 5.49. The maximum atomic E-state index is 10.2. The first-order valence-corrected chi connectivity index (χ1v) is 6.48. The van der Waals surface area contributed by atoms with Crippen LogP contribution in [0.5, 0.6) is 0 Å². The van der Waals surface area contributed by atoms with Crippen molar-refractivity contribution in [3.63, 3.8) is 0 Å². The molecule has 0 aromatic heterocycles. The average Bonchev–Trinajstić information content (AvgIpc) is 2.19. The molecule has 0 bridgehead atoms. The third-order valence-electron chi connectivity index (χ3n) is 2.18. The van der Waals surface area contributed by atoms with Crippen LogP contribution in [0.4, 0.5) is 0 Å². The van der Waals surface area contributed by atoms with E-state index in [4.69, 9.17) is 14.3 Å². The maximum absolute atomic E-state index is 10.2. The summed E-state index contributed by atoms with van der Waals surface area (Å²) < 4.78 is 15.0. The first kappa shape index (κ1) is 14.8. The molecule has 1 rings (SSSR count). The van der Waals surface area contributed by atoms with Gasteiger partial charge in [-0.15, -0.1) is 0 Å². The topological polar surface area (TPSA) is 83.8 Å². The zero-order valence-corrected chi connectivity index (χ0v) is 10.4. The van der Waals surface area contributed by atoms with Crippen LogP contribution in [0, 0.1) is 0 Å². The fourth-order valence-electron chi connectivity index (χ4n) is 1.33. The Hall–Kier alpha value is -1.17. The smallest absolute Gasteiger partial charge is 0.511 e. The van der Waals surface area contributed by atoms with Crippen molar-refractivity contribution in [3.8, 4) is 0 Å². The van der Waals surface area contributed by atoms with E-state index < -0.39 is 15.1 Å². The van der Waals surface area contributed by atoms with Crippen molar-refractivity contribution in [3.05, 3.63) is 12.2 Å². The number of aliphatic carboxylic acids is 1. The van der Waals surface area contributed by atoms with Gasteiger partial charge in [-0.05, 0) is 32.6 Å². The van der Waals surface area contributed by atoms with Crippen molar-refractivity contribution in [2.24, 2.45) is 0 Å². The summed E-state index contributed by atoms with van der Waals surface area (Å²) in [6.45, 7) is 4.60. The summed E-state index contributed by atoms with van der Waals surface area (Å²) in [5.41, 5.74) is 0.176. The molecule has 0 unspecified atom stereocenters. The van der Waals surface area contributed by atoms with Gasteiger partial charge in [0.25, 0.3) is 0 Å². The van der Waals surface area contributed by atoms with Gasteiger partial charge in [-0.25, -0.2) is 4.79 Å². The molecule has 1 aliphatic rings. The van der Waals surface area contributed by atoms with Crippen molar-refractivity contribution < 1.29 is 23.6 Å². The van der Waals surface area contributed by atoms with Gasteiger partial charge in [-0.2, -0.15) is 0 Å². The van der Waals surface area contributed by atoms with Crippen molar-refractivity contribution >= 4 is 15.1 Å². The summed E-state index contributed by atoms with van der Waals surface area (Å²) in [6, 6.07) is 0. The number of hydrogen-bond donors (Lipinski definition) is 2. The lowest BCUT2D eigenvalue weighted by atomic mass is 9.98. The lowest BCUT2D eigenvalue weighted by Crippen LogP contribution is -2.21. The zero-order valence-electron chi connectivity index (χ0n) is 9.44. The maximum Gasteiger partial charge on any atom is 0.764 e. The number of carboxylic acid groups (broad SMARTS) is 1. The van der Waals surface area contributed by atoms with Gasteiger partial charge in [-0.3, -0.25) is 4.46 Å². The van der Waals surface area contributed by atoms with Gasteiger partial charge in [0.2, 0.25) is 0 Å². The number of carbonyl (C=O) groups is 1. The summed E-state index contributed by atoms with van der Waals surface area (Å²) in [7, 11) is -2.68. The summed E-state index contributed by atoms with van der Waals surface area (Å²) in [4.78, 5) is 18.0. The summed E-state index contributed by atoms with van der Waals surface area (Å²) in [5, 5.41) is 7.89. The van der Waals surface area contributed by atoms with E-state index in [0.29, 0.717) is 0 Å². The molecule has 0 spiro atoms. The molecule has 16 heavy (non-hydrogen) atoms. The van der Waals surface area contributed by atoms with Crippen LogP contribution in [0.2, 0.25) is 0 Å². The van der Waals surface area contributed by atoms with E-state index in [1.807, 2.05) is 0 Å². The third-order valence-corrected chi connectivity index (χ3v) is 2.72. The molecule has 92 valence electrons. The van der Waals surface area contributed by atoms with Crippen LogP contribution in [0.15, 0.2) is 12.2 Å². The molecule has 0 atom stereocenters. The third kappa shape index (κ3) is 8.16. The standard InChI is InChI=1S/C6H12O3Si.C4H6O2/c7-10(8)9-6-4-2-1-3-5-6;1-3(2)4(5)6/h6-7H,1-5H2;1H2,2H3,(H,5,6). The first-order chi connectivity index (χ1) is 7.43. The second-order valence-electron chi connectivity index (χ2n) is 3.73. The molecular weight excluding hydrogens is 228 g/mol. The highest BCUT2D eigenvalue weighted by Crippen LogP contribution is 2.19. The average molecular weight is 246 g/mol. The molecule has 0 aliphatic heterocycles. The van der Waals surface area contributed by atoms with Crippen molar-refractivity contribution in [2.75, 3.05) is 0 Å². The van der Waals surface area contributed by atoms with E-state index >= 15 is 0 Å². The van der Waals surface area contributed by atoms with Crippen LogP contribution in [-0.4, -0.2) is 31.1 Å². The van der Waals surface area contributed by atoms with Gasteiger partial charge in [-0.1, -0.05) is 13.0 Å². The Morgan fingerprint density at radius 1 is 1.38 bits per heavy atom. The van der Waals surface area contributed by atoms with E-state index in [1.165, 1.54) is 13.3 Å². The van der Waals surface area contributed by atoms with Crippen LogP contribution in [0.25, 0.3) is 0 Å². The largest absolute Gasteiger partial charge is 0.764 e. The molecule has 2 N–H and O–H groups in total. The van der Waals surface area contributed by atoms with Crippen LogP contribution in [0.1, 0.15) is 39.0 Å². The van der Waals surface area contributed by atoms with Crippen molar-refractivity contribution in [1.29, 1.82) is 0 Å². The van der Waals surface area contributed by atoms with Crippen LogP contribution >= 0.6 is 0 Å². The van der Waals surface area contributed by atoms with E-state index in [0.717, 1.165) is 25.7 Å². The van der Waals surface area contributed by atoms with E-state index in [9.17, 15) is 9.26 Å². The lowest BCUT2D eigenvalue weighted by molar-refractivity contribution is -0.132. The Morgan fingerprint density at radius 3 is 2.12 bits per heavy atom. The minimum Gasteiger partial charge on any atom is -0.511 e. The lowest BCUT2D eigenvalue weighted by Gasteiger charge is -2.20. The molecule has 0 amide bonds. The quantitative estimate of drug-likeness (QED) is 0.580. The molecule has 1 aliphatic carbocycles. The fourth-order valence-corrected chi connectivity index (χ4v) is 1.85. The minimum absolute atomic E-state index is 0.0603. The molecule has 0 aromatic carbocycles.